The van der Waals surface area contributed by atoms with Crippen LogP contribution in [0, 0.1) is 0 Å². The van der Waals surface area contributed by atoms with Crippen LogP contribution >= 0.6 is 0 Å². The van der Waals surface area contributed by atoms with E-state index in [2.05, 4.69) is 35.3 Å². The van der Waals surface area contributed by atoms with Crippen molar-refractivity contribution in [3.63, 3.8) is 0 Å². The van der Waals surface area contributed by atoms with Gasteiger partial charge in [0, 0.05) is 32.2 Å². The molecular weight excluding hydrogens is 196 g/mol. The molecule has 1 unspecified atom stereocenters. The van der Waals surface area contributed by atoms with Gasteiger partial charge in [0.2, 0.25) is 0 Å². The Morgan fingerprint density at radius 2 is 2.31 bits per heavy atom. The predicted octanol–water partition coefficient (Wildman–Crippen LogP) is 1.75. The lowest BCUT2D eigenvalue weighted by Gasteiger charge is -2.41. The zero-order valence-electron chi connectivity index (χ0n) is 10.00. The lowest BCUT2D eigenvalue weighted by molar-refractivity contribution is 0.152. The Morgan fingerprint density at radius 1 is 1.38 bits per heavy atom. The molecule has 2 heteroatoms. The van der Waals surface area contributed by atoms with Crippen LogP contribution in [0.5, 0.6) is 0 Å². The standard InChI is InChI=1S/C14H20N2/c1-2-11-3-4-13-12(9-11)5-7-16-8-6-15-10-14(13)16/h3-4,9,14-15H,2,5-8,10H2,1H3. The summed E-state index contributed by atoms with van der Waals surface area (Å²) >= 11 is 0. The summed E-state index contributed by atoms with van der Waals surface area (Å²) in [5, 5.41) is 3.51. The average Bonchev–Trinajstić information content (AvgIpc) is 2.38. The van der Waals surface area contributed by atoms with Gasteiger partial charge in [-0.3, -0.25) is 4.90 Å². The van der Waals surface area contributed by atoms with Gasteiger partial charge in [-0.25, -0.2) is 0 Å². The van der Waals surface area contributed by atoms with Crippen LogP contribution in [0.2, 0.25) is 0 Å². The first-order chi connectivity index (χ1) is 7.88. The van der Waals surface area contributed by atoms with Crippen molar-refractivity contribution in [2.45, 2.75) is 25.8 Å². The number of hydrogen-bond donors (Lipinski definition) is 1. The lowest BCUT2D eigenvalue weighted by Crippen LogP contribution is -2.48. The van der Waals surface area contributed by atoms with E-state index in [1.54, 1.807) is 11.1 Å². The second-order valence-corrected chi connectivity index (χ2v) is 4.89. The summed E-state index contributed by atoms with van der Waals surface area (Å²) in [6.07, 6.45) is 2.39. The fourth-order valence-electron chi connectivity index (χ4n) is 3.01. The highest BCUT2D eigenvalue weighted by Gasteiger charge is 2.28. The van der Waals surface area contributed by atoms with Crippen molar-refractivity contribution in [2.75, 3.05) is 26.2 Å². The summed E-state index contributed by atoms with van der Waals surface area (Å²) in [6.45, 7) is 6.96. The Labute approximate surface area is 97.6 Å². The summed E-state index contributed by atoms with van der Waals surface area (Å²) in [4.78, 5) is 2.63. The molecule has 3 rings (SSSR count). The Morgan fingerprint density at radius 3 is 3.19 bits per heavy atom. The molecule has 16 heavy (non-hydrogen) atoms. The van der Waals surface area contributed by atoms with Crippen molar-refractivity contribution < 1.29 is 0 Å². The van der Waals surface area contributed by atoms with Crippen LogP contribution in [0.25, 0.3) is 0 Å². The molecule has 2 aliphatic heterocycles. The molecule has 0 radical (unpaired) electrons. The topological polar surface area (TPSA) is 15.3 Å². The van der Waals surface area contributed by atoms with E-state index in [4.69, 9.17) is 0 Å². The fraction of sp³-hybridized carbons (Fsp3) is 0.571. The van der Waals surface area contributed by atoms with E-state index < -0.39 is 0 Å². The summed E-state index contributed by atoms with van der Waals surface area (Å²) < 4.78 is 0. The molecule has 0 aliphatic carbocycles. The maximum atomic E-state index is 3.51. The largest absolute Gasteiger partial charge is 0.314 e. The van der Waals surface area contributed by atoms with Gasteiger partial charge in [0.05, 0.1) is 0 Å². The molecule has 1 atom stereocenters. The highest BCUT2D eigenvalue weighted by atomic mass is 15.2. The van der Waals surface area contributed by atoms with Gasteiger partial charge in [-0.05, 0) is 29.5 Å². The molecule has 1 N–H and O–H groups in total. The van der Waals surface area contributed by atoms with Crippen LogP contribution in [0.15, 0.2) is 18.2 Å². The summed E-state index contributed by atoms with van der Waals surface area (Å²) in [5.74, 6) is 0. The Bertz CT molecular complexity index is 386. The molecule has 2 aliphatic rings. The van der Waals surface area contributed by atoms with Crippen LogP contribution in [0.3, 0.4) is 0 Å². The van der Waals surface area contributed by atoms with Crippen molar-refractivity contribution in [3.8, 4) is 0 Å². The highest BCUT2D eigenvalue weighted by molar-refractivity contribution is 5.37. The van der Waals surface area contributed by atoms with E-state index in [0.29, 0.717) is 6.04 Å². The quantitative estimate of drug-likeness (QED) is 0.769. The number of piperazine rings is 1. The van der Waals surface area contributed by atoms with Gasteiger partial charge >= 0.3 is 0 Å². The van der Waals surface area contributed by atoms with Crippen molar-refractivity contribution >= 4 is 0 Å². The number of hydrogen-bond acceptors (Lipinski definition) is 2. The van der Waals surface area contributed by atoms with Gasteiger partial charge in [-0.15, -0.1) is 0 Å². The normalized spacial score (nSPS) is 24.9. The van der Waals surface area contributed by atoms with Crippen LogP contribution in [0.1, 0.15) is 29.7 Å². The van der Waals surface area contributed by atoms with E-state index in [1.165, 1.54) is 25.1 Å². The molecule has 86 valence electrons. The molecule has 0 saturated carbocycles. The fourth-order valence-corrected chi connectivity index (χ4v) is 3.01. The maximum absolute atomic E-state index is 3.51. The first-order valence-electron chi connectivity index (χ1n) is 6.45. The van der Waals surface area contributed by atoms with Crippen molar-refractivity contribution in [1.29, 1.82) is 0 Å². The van der Waals surface area contributed by atoms with E-state index in [-0.39, 0.29) is 0 Å². The number of nitrogens with zero attached hydrogens (tertiary/aromatic N) is 1. The molecule has 1 aromatic carbocycles. The van der Waals surface area contributed by atoms with Gasteiger partial charge in [-0.1, -0.05) is 25.1 Å². The average molecular weight is 216 g/mol. The monoisotopic (exact) mass is 216 g/mol. The molecule has 1 fully saturated rings. The van der Waals surface area contributed by atoms with Crippen molar-refractivity contribution in [1.82, 2.24) is 10.2 Å². The smallest absolute Gasteiger partial charge is 0.0476 e. The first kappa shape index (κ1) is 10.3. The number of rotatable bonds is 1. The number of benzene rings is 1. The molecule has 0 spiro atoms. The Balaban J connectivity index is 1.96. The molecule has 0 aromatic heterocycles. The third kappa shape index (κ3) is 1.66. The first-order valence-corrected chi connectivity index (χ1v) is 6.45. The highest BCUT2D eigenvalue weighted by Crippen LogP contribution is 2.30. The second-order valence-electron chi connectivity index (χ2n) is 4.89. The van der Waals surface area contributed by atoms with Crippen LogP contribution in [-0.4, -0.2) is 31.1 Å². The van der Waals surface area contributed by atoms with Gasteiger partial charge < -0.3 is 5.32 Å². The predicted molar refractivity (Wildman–Crippen MR) is 66.7 cm³/mol. The van der Waals surface area contributed by atoms with E-state index in [0.717, 1.165) is 19.5 Å². The van der Waals surface area contributed by atoms with Crippen LogP contribution < -0.4 is 5.32 Å². The third-order valence-corrected chi connectivity index (χ3v) is 4.00. The molecule has 0 amide bonds. The molecule has 2 heterocycles. The number of aryl methyl sites for hydroxylation is 1. The van der Waals surface area contributed by atoms with Crippen LogP contribution in [-0.2, 0) is 12.8 Å². The molecule has 1 aromatic rings. The summed E-state index contributed by atoms with van der Waals surface area (Å²) in [5.41, 5.74) is 4.64. The molecule has 2 nitrogen and oxygen atoms in total. The molecule has 1 saturated heterocycles. The summed E-state index contributed by atoms with van der Waals surface area (Å²) in [7, 11) is 0. The molecule has 0 bridgehead atoms. The zero-order chi connectivity index (χ0) is 11.0. The second kappa shape index (κ2) is 4.19. The van der Waals surface area contributed by atoms with E-state index in [1.807, 2.05) is 0 Å². The number of fused-ring (bicyclic) bond motifs is 3. The number of nitrogens with one attached hydrogen (secondary N) is 1. The minimum absolute atomic E-state index is 0.628. The lowest BCUT2D eigenvalue weighted by atomic mass is 9.89. The minimum atomic E-state index is 0.628. The van der Waals surface area contributed by atoms with Gasteiger partial charge in [0.25, 0.3) is 0 Å². The maximum Gasteiger partial charge on any atom is 0.0476 e. The Kier molecular flexibility index (Phi) is 2.70. The SMILES string of the molecule is CCc1ccc2c(c1)CCN1CCNCC21. The Hall–Kier alpha value is -0.860. The van der Waals surface area contributed by atoms with E-state index in [9.17, 15) is 0 Å². The van der Waals surface area contributed by atoms with Crippen molar-refractivity contribution in [3.05, 3.63) is 34.9 Å². The van der Waals surface area contributed by atoms with E-state index >= 15 is 0 Å². The summed E-state index contributed by atoms with van der Waals surface area (Å²) in [6, 6.07) is 7.71. The molecular formula is C14H20N2. The van der Waals surface area contributed by atoms with Gasteiger partial charge in [0.1, 0.15) is 0 Å². The van der Waals surface area contributed by atoms with Crippen molar-refractivity contribution in [2.24, 2.45) is 0 Å². The van der Waals surface area contributed by atoms with Gasteiger partial charge in [0.15, 0.2) is 0 Å². The van der Waals surface area contributed by atoms with Gasteiger partial charge in [-0.2, -0.15) is 0 Å². The third-order valence-electron chi connectivity index (χ3n) is 4.00. The van der Waals surface area contributed by atoms with Crippen LogP contribution in [0.4, 0.5) is 0 Å². The minimum Gasteiger partial charge on any atom is -0.314 e. The zero-order valence-corrected chi connectivity index (χ0v) is 10.00.